The van der Waals surface area contributed by atoms with Gasteiger partial charge in [-0.1, -0.05) is 6.42 Å². The minimum atomic E-state index is 0. The molecule has 1 fully saturated rings. The van der Waals surface area contributed by atoms with Gasteiger partial charge in [-0.15, -0.1) is 12.4 Å². The number of carbonyl (C=O) groups is 1. The van der Waals surface area contributed by atoms with Crippen LogP contribution >= 0.6 is 12.4 Å². The molecule has 0 aromatic carbocycles. The monoisotopic (exact) mass is 300 g/mol. The lowest BCUT2D eigenvalue weighted by molar-refractivity contribution is -0.126. The number of halogens is 1. The van der Waals surface area contributed by atoms with Crippen molar-refractivity contribution in [1.29, 1.82) is 0 Å². The van der Waals surface area contributed by atoms with Gasteiger partial charge in [0.15, 0.2) is 0 Å². The van der Waals surface area contributed by atoms with Gasteiger partial charge in [-0.05, 0) is 37.7 Å². The summed E-state index contributed by atoms with van der Waals surface area (Å²) in [6.07, 6.45) is 9.77. The molecular formula is C14H25ClN4O. The van der Waals surface area contributed by atoms with Crippen molar-refractivity contribution in [3.05, 3.63) is 18.0 Å². The van der Waals surface area contributed by atoms with Gasteiger partial charge in [0, 0.05) is 31.7 Å². The van der Waals surface area contributed by atoms with E-state index in [9.17, 15) is 4.79 Å². The van der Waals surface area contributed by atoms with Crippen molar-refractivity contribution in [2.24, 2.45) is 18.7 Å². The van der Waals surface area contributed by atoms with Crippen LogP contribution in [0.1, 0.15) is 37.7 Å². The molecule has 0 saturated heterocycles. The van der Waals surface area contributed by atoms with Gasteiger partial charge in [-0.25, -0.2) is 0 Å². The Morgan fingerprint density at radius 1 is 1.55 bits per heavy atom. The van der Waals surface area contributed by atoms with Gasteiger partial charge in [0.2, 0.25) is 5.91 Å². The van der Waals surface area contributed by atoms with Crippen LogP contribution in [0.15, 0.2) is 12.4 Å². The first-order valence-corrected chi connectivity index (χ1v) is 7.16. The number of hydrogen-bond acceptors (Lipinski definition) is 3. The molecule has 1 aliphatic rings. The van der Waals surface area contributed by atoms with Crippen LogP contribution in [-0.2, 0) is 18.3 Å². The number of nitrogens with zero attached hydrogens (tertiary/aromatic N) is 2. The Bertz CT molecular complexity index is 421. The van der Waals surface area contributed by atoms with E-state index in [0.717, 1.165) is 45.1 Å². The molecule has 1 aromatic heterocycles. The SMILES string of the molecule is Cl.Cn1cc(CCCNC(=O)C2CCCC(N)C2)cn1. The molecule has 0 aliphatic heterocycles. The molecule has 3 N–H and O–H groups in total. The molecular weight excluding hydrogens is 276 g/mol. The van der Waals surface area contributed by atoms with Crippen molar-refractivity contribution in [2.75, 3.05) is 6.54 Å². The average molecular weight is 301 g/mol. The van der Waals surface area contributed by atoms with E-state index in [2.05, 4.69) is 10.4 Å². The van der Waals surface area contributed by atoms with E-state index in [4.69, 9.17) is 5.73 Å². The molecule has 1 aromatic rings. The average Bonchev–Trinajstić information content (AvgIpc) is 2.80. The maximum Gasteiger partial charge on any atom is 0.223 e. The van der Waals surface area contributed by atoms with Crippen LogP contribution in [0.3, 0.4) is 0 Å². The normalized spacial score (nSPS) is 22.1. The third-order valence-electron chi connectivity index (χ3n) is 3.79. The number of aryl methyl sites for hydroxylation is 2. The number of hydrogen-bond donors (Lipinski definition) is 2. The molecule has 5 nitrogen and oxygen atoms in total. The molecule has 1 aliphatic carbocycles. The van der Waals surface area contributed by atoms with E-state index in [1.807, 2.05) is 19.4 Å². The zero-order valence-electron chi connectivity index (χ0n) is 12.0. The summed E-state index contributed by atoms with van der Waals surface area (Å²) < 4.78 is 1.80. The molecule has 6 heteroatoms. The second-order valence-electron chi connectivity index (χ2n) is 5.54. The number of rotatable bonds is 5. The zero-order chi connectivity index (χ0) is 13.7. The number of aromatic nitrogens is 2. The molecule has 0 spiro atoms. The Morgan fingerprint density at radius 3 is 3.00 bits per heavy atom. The van der Waals surface area contributed by atoms with Crippen LogP contribution in [0.5, 0.6) is 0 Å². The second kappa shape index (κ2) is 8.27. The molecule has 1 amide bonds. The van der Waals surface area contributed by atoms with E-state index in [-0.39, 0.29) is 30.3 Å². The Balaban J connectivity index is 0.00000200. The molecule has 0 radical (unpaired) electrons. The summed E-state index contributed by atoms with van der Waals surface area (Å²) in [5.74, 6) is 0.309. The molecule has 20 heavy (non-hydrogen) atoms. The first kappa shape index (κ1) is 17.0. The topological polar surface area (TPSA) is 72.9 Å². The van der Waals surface area contributed by atoms with Crippen LogP contribution in [0.4, 0.5) is 0 Å². The maximum atomic E-state index is 12.0. The first-order valence-electron chi connectivity index (χ1n) is 7.16. The van der Waals surface area contributed by atoms with Crippen molar-refractivity contribution in [3.63, 3.8) is 0 Å². The summed E-state index contributed by atoms with van der Waals surface area (Å²) in [6.45, 7) is 0.736. The van der Waals surface area contributed by atoms with Gasteiger partial charge in [-0.2, -0.15) is 5.10 Å². The summed E-state index contributed by atoms with van der Waals surface area (Å²) >= 11 is 0. The minimum absolute atomic E-state index is 0. The summed E-state index contributed by atoms with van der Waals surface area (Å²) in [5, 5.41) is 7.16. The Morgan fingerprint density at radius 2 is 2.35 bits per heavy atom. The van der Waals surface area contributed by atoms with E-state index < -0.39 is 0 Å². The fourth-order valence-electron chi connectivity index (χ4n) is 2.72. The lowest BCUT2D eigenvalue weighted by atomic mass is 9.85. The number of nitrogens with two attached hydrogens (primary N) is 1. The molecule has 0 bridgehead atoms. The largest absolute Gasteiger partial charge is 0.356 e. The fourth-order valence-corrected chi connectivity index (χ4v) is 2.72. The van der Waals surface area contributed by atoms with E-state index in [1.165, 1.54) is 5.56 Å². The standard InChI is InChI=1S/C14H24N4O.ClH/c1-18-10-11(9-17-18)4-3-7-16-14(19)12-5-2-6-13(15)8-12;/h9-10,12-13H,2-8,15H2,1H3,(H,16,19);1H. The third-order valence-corrected chi connectivity index (χ3v) is 3.79. The van der Waals surface area contributed by atoms with Crippen LogP contribution < -0.4 is 11.1 Å². The highest BCUT2D eigenvalue weighted by Crippen LogP contribution is 2.23. The Labute approximate surface area is 126 Å². The van der Waals surface area contributed by atoms with Gasteiger partial charge in [-0.3, -0.25) is 9.48 Å². The van der Waals surface area contributed by atoms with Gasteiger partial charge >= 0.3 is 0 Å². The summed E-state index contributed by atoms with van der Waals surface area (Å²) in [6, 6.07) is 0.208. The highest BCUT2D eigenvalue weighted by atomic mass is 35.5. The Kier molecular flexibility index (Phi) is 7.02. The van der Waals surface area contributed by atoms with Gasteiger partial charge in [0.25, 0.3) is 0 Å². The van der Waals surface area contributed by atoms with Crippen molar-refractivity contribution in [2.45, 2.75) is 44.6 Å². The third kappa shape index (κ3) is 5.13. The highest BCUT2D eigenvalue weighted by molar-refractivity contribution is 5.85. The van der Waals surface area contributed by atoms with E-state index in [0.29, 0.717) is 0 Å². The van der Waals surface area contributed by atoms with Crippen molar-refractivity contribution in [3.8, 4) is 0 Å². The number of amides is 1. The van der Waals surface area contributed by atoms with Crippen LogP contribution in [0.25, 0.3) is 0 Å². The maximum absolute atomic E-state index is 12.0. The molecule has 1 saturated carbocycles. The van der Waals surface area contributed by atoms with Crippen LogP contribution in [-0.4, -0.2) is 28.3 Å². The molecule has 2 rings (SSSR count). The molecule has 2 atom stereocenters. The van der Waals surface area contributed by atoms with E-state index >= 15 is 0 Å². The minimum Gasteiger partial charge on any atom is -0.356 e. The lowest BCUT2D eigenvalue weighted by Gasteiger charge is -2.25. The Hall–Kier alpha value is -1.07. The van der Waals surface area contributed by atoms with Crippen LogP contribution in [0, 0.1) is 5.92 Å². The van der Waals surface area contributed by atoms with Crippen molar-refractivity contribution >= 4 is 18.3 Å². The lowest BCUT2D eigenvalue weighted by Crippen LogP contribution is -2.38. The fraction of sp³-hybridized carbons (Fsp3) is 0.714. The number of nitrogens with one attached hydrogen (secondary N) is 1. The molecule has 114 valence electrons. The molecule has 1 heterocycles. The van der Waals surface area contributed by atoms with Gasteiger partial charge < -0.3 is 11.1 Å². The van der Waals surface area contributed by atoms with Crippen LogP contribution in [0.2, 0.25) is 0 Å². The summed E-state index contributed by atoms with van der Waals surface area (Å²) in [7, 11) is 1.91. The summed E-state index contributed by atoms with van der Waals surface area (Å²) in [5.41, 5.74) is 7.13. The second-order valence-corrected chi connectivity index (χ2v) is 5.54. The predicted molar refractivity (Wildman–Crippen MR) is 81.7 cm³/mol. The van der Waals surface area contributed by atoms with Crippen molar-refractivity contribution in [1.82, 2.24) is 15.1 Å². The van der Waals surface area contributed by atoms with Crippen molar-refractivity contribution < 1.29 is 4.79 Å². The quantitative estimate of drug-likeness (QED) is 0.808. The first-order chi connectivity index (χ1) is 9.15. The smallest absolute Gasteiger partial charge is 0.223 e. The van der Waals surface area contributed by atoms with Gasteiger partial charge in [0.05, 0.1) is 6.20 Å². The predicted octanol–water partition coefficient (Wildman–Crippen LogP) is 1.41. The number of carbonyl (C=O) groups excluding carboxylic acids is 1. The molecule has 2 unspecified atom stereocenters. The zero-order valence-corrected chi connectivity index (χ0v) is 12.9. The van der Waals surface area contributed by atoms with Gasteiger partial charge in [0.1, 0.15) is 0 Å². The van der Waals surface area contributed by atoms with E-state index in [1.54, 1.807) is 4.68 Å². The highest BCUT2D eigenvalue weighted by Gasteiger charge is 2.24. The summed E-state index contributed by atoms with van der Waals surface area (Å²) in [4.78, 5) is 12.0.